The van der Waals surface area contributed by atoms with Crippen LogP contribution in [-0.2, 0) is 23.2 Å². The second-order valence-electron chi connectivity index (χ2n) is 6.41. The van der Waals surface area contributed by atoms with Crippen molar-refractivity contribution in [2.75, 3.05) is 13.1 Å². The van der Waals surface area contributed by atoms with Crippen molar-refractivity contribution in [3.05, 3.63) is 65.5 Å². The maximum Gasteiger partial charge on any atom is 0.282 e. The fourth-order valence-corrected chi connectivity index (χ4v) is 5.58. The first-order valence-electron chi connectivity index (χ1n) is 8.40. The first-order chi connectivity index (χ1) is 11.7. The van der Waals surface area contributed by atoms with Crippen LogP contribution in [0.2, 0.25) is 0 Å². The van der Waals surface area contributed by atoms with Crippen LogP contribution >= 0.6 is 0 Å². The Bertz CT molecular complexity index is 823. The number of nitrogens with zero attached hydrogens (tertiary/aromatic N) is 3. The first kappa shape index (κ1) is 15.7. The zero-order chi connectivity index (χ0) is 16.6. The minimum atomic E-state index is -3.46. The fraction of sp³-hybridized carbons (Fsp3) is 0.389. The predicted molar refractivity (Wildman–Crippen MR) is 92.4 cm³/mol. The second kappa shape index (κ2) is 6.27. The van der Waals surface area contributed by atoms with E-state index in [1.54, 1.807) is 21.0 Å². The highest BCUT2D eigenvalue weighted by atomic mass is 32.2. The van der Waals surface area contributed by atoms with E-state index in [1.807, 2.05) is 30.3 Å². The van der Waals surface area contributed by atoms with E-state index >= 15 is 0 Å². The number of fused-ring (bicyclic) bond motifs is 1. The molecule has 2 aliphatic heterocycles. The lowest BCUT2D eigenvalue weighted by molar-refractivity contribution is 0.316. The van der Waals surface area contributed by atoms with Crippen molar-refractivity contribution < 1.29 is 8.42 Å². The quantitative estimate of drug-likeness (QED) is 0.860. The van der Waals surface area contributed by atoms with Crippen LogP contribution in [-0.4, -0.2) is 35.1 Å². The highest BCUT2D eigenvalue weighted by molar-refractivity contribution is 7.86. The predicted octanol–water partition coefficient (Wildman–Crippen LogP) is 2.52. The highest BCUT2D eigenvalue weighted by Gasteiger charge is 2.39. The molecule has 3 heterocycles. The van der Waals surface area contributed by atoms with Crippen molar-refractivity contribution in [2.24, 2.45) is 0 Å². The lowest BCUT2D eigenvalue weighted by Gasteiger charge is -2.34. The third-order valence-corrected chi connectivity index (χ3v) is 7.01. The molecule has 1 aromatic carbocycles. The average Bonchev–Trinajstić information content (AvgIpc) is 3.13. The van der Waals surface area contributed by atoms with Crippen LogP contribution in [0.4, 0.5) is 0 Å². The van der Waals surface area contributed by atoms with Gasteiger partial charge in [0.2, 0.25) is 0 Å². The molecule has 0 bridgehead atoms. The Morgan fingerprint density at radius 1 is 1.00 bits per heavy atom. The number of rotatable bonds is 3. The van der Waals surface area contributed by atoms with E-state index in [2.05, 4.69) is 11.1 Å². The van der Waals surface area contributed by atoms with E-state index < -0.39 is 10.2 Å². The van der Waals surface area contributed by atoms with Gasteiger partial charge in [-0.2, -0.15) is 17.0 Å². The van der Waals surface area contributed by atoms with Crippen LogP contribution in [0.25, 0.3) is 0 Å². The molecule has 24 heavy (non-hydrogen) atoms. The monoisotopic (exact) mass is 343 g/mol. The molecule has 0 radical (unpaired) electrons. The largest absolute Gasteiger partial charge is 0.282 e. The first-order valence-corrected chi connectivity index (χ1v) is 9.79. The summed E-state index contributed by atoms with van der Waals surface area (Å²) in [5.74, 6) is 0. The molecule has 2 aliphatic rings. The Morgan fingerprint density at radius 3 is 2.54 bits per heavy atom. The van der Waals surface area contributed by atoms with Gasteiger partial charge < -0.3 is 0 Å². The van der Waals surface area contributed by atoms with Crippen molar-refractivity contribution >= 4 is 10.2 Å². The summed E-state index contributed by atoms with van der Waals surface area (Å²) < 4.78 is 29.7. The third kappa shape index (κ3) is 2.75. The van der Waals surface area contributed by atoms with Crippen molar-refractivity contribution in [2.45, 2.75) is 31.8 Å². The number of hydrogen-bond donors (Lipinski definition) is 0. The molecule has 0 spiro atoms. The molecule has 0 N–H and O–H groups in total. The standard InChI is InChI=1S/C18H21N3O2S/c22-24(23,20-13-9-15-4-1-2-5-17(15)14-20)21-12-3-6-18(21)16-7-10-19-11-8-16/h1-2,4-5,7-8,10-11,18H,3,6,9,12-14H2/t18-/m1/s1. The molecule has 126 valence electrons. The minimum Gasteiger partial charge on any atom is -0.265 e. The van der Waals surface area contributed by atoms with E-state index in [0.717, 1.165) is 30.4 Å². The number of pyridine rings is 1. The van der Waals surface area contributed by atoms with Crippen molar-refractivity contribution in [1.29, 1.82) is 0 Å². The lowest BCUT2D eigenvalue weighted by Crippen LogP contribution is -2.45. The van der Waals surface area contributed by atoms with Crippen molar-refractivity contribution in [3.8, 4) is 0 Å². The van der Waals surface area contributed by atoms with E-state index in [9.17, 15) is 8.42 Å². The summed E-state index contributed by atoms with van der Waals surface area (Å²) in [6.45, 7) is 1.62. The van der Waals surface area contributed by atoms with Gasteiger partial charge in [0.1, 0.15) is 0 Å². The van der Waals surface area contributed by atoms with Gasteiger partial charge in [0.15, 0.2) is 0 Å². The molecule has 1 aromatic heterocycles. The smallest absolute Gasteiger partial charge is 0.265 e. The molecule has 1 atom stereocenters. The highest BCUT2D eigenvalue weighted by Crippen LogP contribution is 2.36. The molecular weight excluding hydrogens is 322 g/mol. The lowest BCUT2D eigenvalue weighted by atomic mass is 10.0. The van der Waals surface area contributed by atoms with Crippen LogP contribution < -0.4 is 0 Å². The average molecular weight is 343 g/mol. The Morgan fingerprint density at radius 2 is 1.75 bits per heavy atom. The third-order valence-electron chi connectivity index (χ3n) is 5.01. The summed E-state index contributed by atoms with van der Waals surface area (Å²) in [6.07, 6.45) is 6.01. The molecule has 0 aliphatic carbocycles. The van der Waals surface area contributed by atoms with E-state index in [0.29, 0.717) is 19.6 Å². The summed E-state index contributed by atoms with van der Waals surface area (Å²) in [6, 6.07) is 11.9. The van der Waals surface area contributed by atoms with Gasteiger partial charge in [-0.1, -0.05) is 24.3 Å². The molecule has 0 saturated carbocycles. The molecule has 1 fully saturated rings. The molecule has 5 nitrogen and oxygen atoms in total. The van der Waals surface area contributed by atoms with Gasteiger partial charge in [-0.25, -0.2) is 0 Å². The van der Waals surface area contributed by atoms with Gasteiger partial charge in [-0.05, 0) is 48.1 Å². The Hall–Kier alpha value is -1.76. The van der Waals surface area contributed by atoms with E-state index in [1.165, 1.54) is 5.56 Å². The molecular formula is C18H21N3O2S. The van der Waals surface area contributed by atoms with Gasteiger partial charge >= 0.3 is 0 Å². The van der Waals surface area contributed by atoms with E-state index in [4.69, 9.17) is 0 Å². The van der Waals surface area contributed by atoms with Crippen molar-refractivity contribution in [3.63, 3.8) is 0 Å². The van der Waals surface area contributed by atoms with Gasteiger partial charge in [0.05, 0.1) is 6.04 Å². The van der Waals surface area contributed by atoms with Gasteiger partial charge in [0, 0.05) is 32.0 Å². The van der Waals surface area contributed by atoms with Crippen LogP contribution in [0.5, 0.6) is 0 Å². The molecule has 1 saturated heterocycles. The number of aromatic nitrogens is 1. The topological polar surface area (TPSA) is 53.5 Å². The maximum absolute atomic E-state index is 13.2. The Kier molecular flexibility index (Phi) is 4.12. The van der Waals surface area contributed by atoms with Crippen LogP contribution in [0.3, 0.4) is 0 Å². The van der Waals surface area contributed by atoms with Crippen LogP contribution in [0.15, 0.2) is 48.8 Å². The van der Waals surface area contributed by atoms with Gasteiger partial charge in [-0.15, -0.1) is 0 Å². The number of benzene rings is 1. The Balaban J connectivity index is 1.61. The van der Waals surface area contributed by atoms with Gasteiger partial charge in [0.25, 0.3) is 10.2 Å². The van der Waals surface area contributed by atoms with E-state index in [-0.39, 0.29) is 6.04 Å². The zero-order valence-corrected chi connectivity index (χ0v) is 14.3. The van der Waals surface area contributed by atoms with Crippen LogP contribution in [0, 0.1) is 0 Å². The molecule has 2 aromatic rings. The van der Waals surface area contributed by atoms with Crippen molar-refractivity contribution in [1.82, 2.24) is 13.6 Å². The SMILES string of the molecule is O=S(=O)(N1CCc2ccccc2C1)N1CCC[C@@H]1c1ccncc1. The summed E-state index contributed by atoms with van der Waals surface area (Å²) in [5, 5.41) is 0. The van der Waals surface area contributed by atoms with Crippen LogP contribution in [0.1, 0.15) is 35.6 Å². The molecule has 4 rings (SSSR count). The normalized spacial score (nSPS) is 22.4. The Labute approximate surface area is 143 Å². The maximum atomic E-state index is 13.2. The molecule has 6 heteroatoms. The summed E-state index contributed by atoms with van der Waals surface area (Å²) in [4.78, 5) is 4.04. The second-order valence-corrected chi connectivity index (χ2v) is 8.29. The molecule has 0 amide bonds. The summed E-state index contributed by atoms with van der Waals surface area (Å²) in [7, 11) is -3.46. The summed E-state index contributed by atoms with van der Waals surface area (Å²) >= 11 is 0. The zero-order valence-electron chi connectivity index (χ0n) is 13.5. The number of hydrogen-bond acceptors (Lipinski definition) is 3. The fourth-order valence-electron chi connectivity index (χ4n) is 3.75. The van der Waals surface area contributed by atoms with Gasteiger partial charge in [-0.3, -0.25) is 4.98 Å². The summed E-state index contributed by atoms with van der Waals surface area (Å²) in [5.41, 5.74) is 3.41. The minimum absolute atomic E-state index is 0.0739. The molecule has 0 unspecified atom stereocenters.